The van der Waals surface area contributed by atoms with Gasteiger partial charge in [0.25, 0.3) is 5.91 Å². The molecule has 2 aromatic rings. The Balaban J connectivity index is 1.91. The number of halogens is 1. The minimum Gasteiger partial charge on any atom is -0.351 e. The number of aromatic nitrogens is 1. The van der Waals surface area contributed by atoms with Crippen molar-refractivity contribution in [1.82, 2.24) is 10.3 Å². The van der Waals surface area contributed by atoms with Crippen LogP contribution >= 0.6 is 22.9 Å². The van der Waals surface area contributed by atoms with E-state index in [4.69, 9.17) is 11.6 Å². The van der Waals surface area contributed by atoms with Crippen LogP contribution in [-0.2, 0) is 6.42 Å². The van der Waals surface area contributed by atoms with Gasteiger partial charge in [-0.3, -0.25) is 9.59 Å². The highest BCUT2D eigenvalue weighted by molar-refractivity contribution is 7.11. The van der Waals surface area contributed by atoms with Crippen LogP contribution in [0.15, 0.2) is 29.1 Å². The van der Waals surface area contributed by atoms with Crippen LogP contribution in [-0.4, -0.2) is 17.4 Å². The fraction of sp³-hybridized carbons (Fsp3) is 0.231. The number of carbonyl (C=O) groups excluding carboxylic acids is 1. The van der Waals surface area contributed by atoms with Gasteiger partial charge in [0.05, 0.1) is 0 Å². The summed E-state index contributed by atoms with van der Waals surface area (Å²) in [7, 11) is 0. The monoisotopic (exact) mass is 296 g/mol. The minimum atomic E-state index is -0.220. The number of aryl methyl sites for hydroxylation is 1. The highest BCUT2D eigenvalue weighted by Gasteiger charge is 2.12. The van der Waals surface area contributed by atoms with Crippen LogP contribution in [0.4, 0.5) is 0 Å². The normalized spacial score (nSPS) is 10.4. The van der Waals surface area contributed by atoms with Crippen molar-refractivity contribution in [2.24, 2.45) is 0 Å². The van der Waals surface area contributed by atoms with Crippen molar-refractivity contribution in [3.8, 4) is 0 Å². The van der Waals surface area contributed by atoms with Gasteiger partial charge in [0.2, 0.25) is 0 Å². The summed E-state index contributed by atoms with van der Waals surface area (Å²) in [5.41, 5.74) is 1.67. The van der Waals surface area contributed by atoms with Crippen LogP contribution in [0.3, 0.4) is 0 Å². The Morgan fingerprint density at radius 1 is 1.47 bits per heavy atom. The summed E-state index contributed by atoms with van der Waals surface area (Å²) in [5.74, 6) is -0.220. The molecule has 1 aromatic heterocycles. The Bertz CT molecular complexity index is 648. The zero-order chi connectivity index (χ0) is 13.8. The minimum absolute atomic E-state index is 0.211. The molecule has 0 radical (unpaired) electrons. The van der Waals surface area contributed by atoms with E-state index in [0.29, 0.717) is 28.6 Å². The number of rotatable bonds is 4. The fourth-order valence-electron chi connectivity index (χ4n) is 1.71. The van der Waals surface area contributed by atoms with Gasteiger partial charge >= 0.3 is 4.87 Å². The molecule has 0 fully saturated rings. The van der Waals surface area contributed by atoms with Crippen molar-refractivity contribution >= 4 is 28.8 Å². The average Bonchev–Trinajstić information content (AvgIpc) is 2.68. The van der Waals surface area contributed by atoms with Crippen LogP contribution < -0.4 is 10.2 Å². The van der Waals surface area contributed by atoms with Gasteiger partial charge in [0, 0.05) is 17.3 Å². The van der Waals surface area contributed by atoms with E-state index in [1.54, 1.807) is 6.92 Å². The molecular weight excluding hydrogens is 284 g/mol. The lowest BCUT2D eigenvalue weighted by molar-refractivity contribution is 0.0957. The Labute approximate surface area is 119 Å². The third kappa shape index (κ3) is 3.68. The number of benzene rings is 1. The van der Waals surface area contributed by atoms with Crippen molar-refractivity contribution in [1.29, 1.82) is 0 Å². The van der Waals surface area contributed by atoms with E-state index in [0.717, 1.165) is 16.9 Å². The lowest BCUT2D eigenvalue weighted by Crippen LogP contribution is -2.25. The molecule has 0 saturated carbocycles. The summed E-state index contributed by atoms with van der Waals surface area (Å²) in [6.45, 7) is 2.22. The summed E-state index contributed by atoms with van der Waals surface area (Å²) in [6.07, 6.45) is 0.699. The molecule has 0 saturated heterocycles. The summed E-state index contributed by atoms with van der Waals surface area (Å²) < 4.78 is 0. The molecule has 6 heteroatoms. The number of H-pyrrole nitrogens is 1. The van der Waals surface area contributed by atoms with Crippen LogP contribution in [0.25, 0.3) is 0 Å². The second-order valence-electron chi connectivity index (χ2n) is 4.10. The predicted molar refractivity (Wildman–Crippen MR) is 77.2 cm³/mol. The van der Waals surface area contributed by atoms with E-state index in [1.807, 2.05) is 24.3 Å². The van der Waals surface area contributed by atoms with Crippen molar-refractivity contribution < 1.29 is 4.79 Å². The van der Waals surface area contributed by atoms with Crippen LogP contribution in [0.1, 0.15) is 20.9 Å². The molecule has 0 atom stereocenters. The average molecular weight is 297 g/mol. The van der Waals surface area contributed by atoms with E-state index in [2.05, 4.69) is 10.3 Å². The molecular formula is C13H13ClN2O2S. The van der Waals surface area contributed by atoms with Crippen molar-refractivity contribution in [2.45, 2.75) is 13.3 Å². The number of hydrogen-bond acceptors (Lipinski definition) is 3. The number of amides is 1. The molecule has 0 aliphatic heterocycles. The van der Waals surface area contributed by atoms with Gasteiger partial charge in [-0.25, -0.2) is 0 Å². The molecule has 19 heavy (non-hydrogen) atoms. The third-order valence-corrected chi connectivity index (χ3v) is 3.84. The molecule has 100 valence electrons. The number of nitrogens with one attached hydrogen (secondary N) is 2. The van der Waals surface area contributed by atoms with Gasteiger partial charge in [-0.05, 0) is 31.0 Å². The molecule has 1 heterocycles. The number of thiazole rings is 1. The van der Waals surface area contributed by atoms with Gasteiger partial charge in [0.1, 0.15) is 4.88 Å². The predicted octanol–water partition coefficient (Wildman–Crippen LogP) is 2.37. The molecule has 4 nitrogen and oxygen atoms in total. The number of carbonyl (C=O) groups is 1. The standard InChI is InChI=1S/C13H13ClN2O2S/c1-8-11(19-13(18)16-8)12(17)15-6-5-9-3-2-4-10(14)7-9/h2-4,7H,5-6H2,1H3,(H,15,17)(H,16,18). The van der Waals surface area contributed by atoms with E-state index in [9.17, 15) is 9.59 Å². The molecule has 0 unspecified atom stereocenters. The van der Waals surface area contributed by atoms with E-state index in [-0.39, 0.29) is 10.8 Å². The number of aromatic amines is 1. The Hall–Kier alpha value is -1.59. The lowest BCUT2D eigenvalue weighted by atomic mass is 10.1. The fourth-order valence-corrected chi connectivity index (χ4v) is 2.69. The molecule has 1 amide bonds. The largest absolute Gasteiger partial charge is 0.351 e. The quantitative estimate of drug-likeness (QED) is 0.910. The van der Waals surface area contributed by atoms with Crippen LogP contribution in [0.5, 0.6) is 0 Å². The van der Waals surface area contributed by atoms with Crippen LogP contribution in [0.2, 0.25) is 5.02 Å². The first-order valence-electron chi connectivity index (χ1n) is 5.78. The Morgan fingerprint density at radius 3 is 2.89 bits per heavy atom. The first kappa shape index (κ1) is 13.8. The lowest BCUT2D eigenvalue weighted by Gasteiger charge is -2.04. The van der Waals surface area contributed by atoms with E-state index < -0.39 is 0 Å². The highest BCUT2D eigenvalue weighted by Crippen LogP contribution is 2.11. The number of hydrogen-bond donors (Lipinski definition) is 2. The third-order valence-electron chi connectivity index (χ3n) is 2.62. The molecule has 0 bridgehead atoms. The Morgan fingerprint density at radius 2 is 2.26 bits per heavy atom. The molecule has 0 spiro atoms. The summed E-state index contributed by atoms with van der Waals surface area (Å²) >= 11 is 6.81. The van der Waals surface area contributed by atoms with Crippen molar-refractivity contribution in [3.05, 3.63) is 55.1 Å². The maximum atomic E-state index is 11.9. The van der Waals surface area contributed by atoms with Gasteiger partial charge in [-0.1, -0.05) is 35.1 Å². The second-order valence-corrected chi connectivity index (χ2v) is 5.52. The van der Waals surface area contributed by atoms with Crippen molar-refractivity contribution in [3.63, 3.8) is 0 Å². The summed E-state index contributed by atoms with van der Waals surface area (Å²) in [5, 5.41) is 3.47. The van der Waals surface area contributed by atoms with Gasteiger partial charge in [-0.2, -0.15) is 0 Å². The zero-order valence-corrected chi connectivity index (χ0v) is 11.9. The first-order chi connectivity index (χ1) is 9.06. The molecule has 2 N–H and O–H groups in total. The smallest absolute Gasteiger partial charge is 0.305 e. The SMILES string of the molecule is Cc1[nH]c(=O)sc1C(=O)NCCc1cccc(Cl)c1. The highest BCUT2D eigenvalue weighted by atomic mass is 35.5. The van der Waals surface area contributed by atoms with E-state index >= 15 is 0 Å². The summed E-state index contributed by atoms with van der Waals surface area (Å²) in [6, 6.07) is 7.51. The second kappa shape index (κ2) is 6.04. The summed E-state index contributed by atoms with van der Waals surface area (Å²) in [4.78, 5) is 25.8. The topological polar surface area (TPSA) is 62.0 Å². The molecule has 0 aliphatic carbocycles. The van der Waals surface area contributed by atoms with Crippen LogP contribution in [0, 0.1) is 6.92 Å². The van der Waals surface area contributed by atoms with E-state index in [1.165, 1.54) is 0 Å². The maximum Gasteiger partial charge on any atom is 0.305 e. The maximum absolute atomic E-state index is 11.9. The Kier molecular flexibility index (Phi) is 4.39. The van der Waals surface area contributed by atoms with Gasteiger partial charge < -0.3 is 10.3 Å². The zero-order valence-electron chi connectivity index (χ0n) is 10.3. The van der Waals surface area contributed by atoms with Gasteiger partial charge in [0.15, 0.2) is 0 Å². The molecule has 1 aromatic carbocycles. The van der Waals surface area contributed by atoms with Crippen molar-refractivity contribution in [2.75, 3.05) is 6.54 Å². The van der Waals surface area contributed by atoms with Gasteiger partial charge in [-0.15, -0.1) is 0 Å². The molecule has 2 rings (SSSR count). The molecule has 0 aliphatic rings. The first-order valence-corrected chi connectivity index (χ1v) is 6.98.